The average molecular weight is 426 g/mol. The highest BCUT2D eigenvalue weighted by Crippen LogP contribution is 2.38. The van der Waals surface area contributed by atoms with Crippen molar-refractivity contribution in [3.8, 4) is 0 Å². The van der Waals surface area contributed by atoms with Crippen LogP contribution in [-0.4, -0.2) is 59.1 Å². The van der Waals surface area contributed by atoms with E-state index in [-0.39, 0.29) is 29.0 Å². The van der Waals surface area contributed by atoms with Crippen LogP contribution in [0.1, 0.15) is 49.9 Å². The third kappa shape index (κ3) is 5.68. The van der Waals surface area contributed by atoms with E-state index in [4.69, 9.17) is 11.6 Å². The van der Waals surface area contributed by atoms with Crippen LogP contribution in [0.2, 0.25) is 5.02 Å². The SMILES string of the molecule is CC(C)(CO)NC(=O)CN1C2CCC1CC(CNC(=O)c1cc(F)cc(Cl)c1)C2. The fourth-order valence-corrected chi connectivity index (χ4v) is 4.68. The monoisotopic (exact) mass is 425 g/mol. The van der Waals surface area contributed by atoms with Crippen LogP contribution in [0.5, 0.6) is 0 Å². The summed E-state index contributed by atoms with van der Waals surface area (Å²) in [6.07, 6.45) is 3.92. The van der Waals surface area contributed by atoms with Crippen LogP contribution in [0.15, 0.2) is 18.2 Å². The van der Waals surface area contributed by atoms with Gasteiger partial charge in [-0.05, 0) is 63.6 Å². The first kappa shape index (κ1) is 22.0. The molecule has 6 nitrogen and oxygen atoms in total. The Morgan fingerprint density at radius 2 is 1.90 bits per heavy atom. The molecule has 29 heavy (non-hydrogen) atoms. The molecule has 0 aliphatic carbocycles. The molecule has 2 aliphatic heterocycles. The van der Waals surface area contributed by atoms with Gasteiger partial charge in [-0.25, -0.2) is 4.39 Å². The molecule has 0 radical (unpaired) electrons. The van der Waals surface area contributed by atoms with E-state index in [1.165, 1.54) is 18.2 Å². The topological polar surface area (TPSA) is 81.7 Å². The third-order valence-electron chi connectivity index (χ3n) is 5.86. The minimum Gasteiger partial charge on any atom is -0.394 e. The first-order valence-electron chi connectivity index (χ1n) is 10.1. The molecule has 2 amide bonds. The Morgan fingerprint density at radius 3 is 2.48 bits per heavy atom. The summed E-state index contributed by atoms with van der Waals surface area (Å²) in [7, 11) is 0. The summed E-state index contributed by atoms with van der Waals surface area (Å²) in [5.41, 5.74) is -0.406. The second-order valence-electron chi connectivity index (χ2n) is 8.85. The van der Waals surface area contributed by atoms with Crippen molar-refractivity contribution in [1.29, 1.82) is 0 Å². The van der Waals surface area contributed by atoms with Crippen LogP contribution in [0.4, 0.5) is 4.39 Å². The summed E-state index contributed by atoms with van der Waals surface area (Å²) in [6.45, 7) is 4.33. The molecule has 3 rings (SSSR count). The van der Waals surface area contributed by atoms with Crippen LogP contribution in [-0.2, 0) is 4.79 Å². The quantitative estimate of drug-likeness (QED) is 0.626. The van der Waals surface area contributed by atoms with Gasteiger partial charge in [0, 0.05) is 29.2 Å². The van der Waals surface area contributed by atoms with Crippen LogP contribution in [0.3, 0.4) is 0 Å². The van der Waals surface area contributed by atoms with E-state index in [1.807, 2.05) is 0 Å². The van der Waals surface area contributed by atoms with E-state index in [0.29, 0.717) is 31.1 Å². The van der Waals surface area contributed by atoms with Gasteiger partial charge in [-0.2, -0.15) is 0 Å². The highest BCUT2D eigenvalue weighted by molar-refractivity contribution is 6.31. The molecule has 0 aromatic heterocycles. The third-order valence-corrected chi connectivity index (χ3v) is 6.08. The van der Waals surface area contributed by atoms with E-state index in [0.717, 1.165) is 25.7 Å². The van der Waals surface area contributed by atoms with E-state index >= 15 is 0 Å². The predicted octanol–water partition coefficient (Wildman–Crippen LogP) is 2.34. The van der Waals surface area contributed by atoms with Gasteiger partial charge in [-0.15, -0.1) is 0 Å². The fraction of sp³-hybridized carbons (Fsp3) is 0.619. The number of aliphatic hydroxyl groups excluding tert-OH is 1. The normalized spacial score (nSPS) is 24.4. The van der Waals surface area contributed by atoms with Crippen LogP contribution in [0, 0.1) is 11.7 Å². The van der Waals surface area contributed by atoms with Gasteiger partial charge >= 0.3 is 0 Å². The largest absolute Gasteiger partial charge is 0.394 e. The number of benzene rings is 1. The smallest absolute Gasteiger partial charge is 0.251 e. The van der Waals surface area contributed by atoms with Gasteiger partial charge in [0.25, 0.3) is 5.91 Å². The van der Waals surface area contributed by atoms with Crippen molar-refractivity contribution in [3.63, 3.8) is 0 Å². The lowest BCUT2D eigenvalue weighted by molar-refractivity contribution is -0.125. The molecule has 2 bridgehead atoms. The molecule has 2 unspecified atom stereocenters. The molecule has 2 fully saturated rings. The highest BCUT2D eigenvalue weighted by Gasteiger charge is 2.41. The van der Waals surface area contributed by atoms with Crippen molar-refractivity contribution in [2.24, 2.45) is 5.92 Å². The first-order chi connectivity index (χ1) is 13.7. The average Bonchev–Trinajstić information content (AvgIpc) is 2.87. The molecule has 2 heterocycles. The summed E-state index contributed by atoms with van der Waals surface area (Å²) in [4.78, 5) is 26.9. The first-order valence-corrected chi connectivity index (χ1v) is 10.5. The number of piperidine rings is 1. The summed E-state index contributed by atoms with van der Waals surface area (Å²) >= 11 is 5.82. The lowest BCUT2D eigenvalue weighted by atomic mass is 9.90. The van der Waals surface area contributed by atoms with E-state index < -0.39 is 11.4 Å². The summed E-state index contributed by atoms with van der Waals surface area (Å²) < 4.78 is 13.5. The van der Waals surface area contributed by atoms with Crippen molar-refractivity contribution in [1.82, 2.24) is 15.5 Å². The summed E-state index contributed by atoms with van der Waals surface area (Å²) in [5.74, 6) is -0.604. The van der Waals surface area contributed by atoms with Gasteiger partial charge in [-0.3, -0.25) is 14.5 Å². The molecule has 3 N–H and O–H groups in total. The van der Waals surface area contributed by atoms with Crippen molar-refractivity contribution < 1.29 is 19.1 Å². The van der Waals surface area contributed by atoms with Gasteiger partial charge in [0.05, 0.1) is 18.7 Å². The van der Waals surface area contributed by atoms with Crippen molar-refractivity contribution in [2.45, 2.75) is 57.2 Å². The van der Waals surface area contributed by atoms with Crippen molar-refractivity contribution in [2.75, 3.05) is 19.7 Å². The number of fused-ring (bicyclic) bond motifs is 2. The molecule has 8 heteroatoms. The number of hydrogen-bond acceptors (Lipinski definition) is 4. The number of aliphatic hydroxyl groups is 1. The zero-order chi connectivity index (χ0) is 21.2. The summed E-state index contributed by atoms with van der Waals surface area (Å²) in [6, 6.07) is 4.45. The number of nitrogens with zero attached hydrogens (tertiary/aromatic N) is 1. The molecule has 2 aliphatic rings. The van der Waals surface area contributed by atoms with Gasteiger partial charge in [-0.1, -0.05) is 11.6 Å². The zero-order valence-corrected chi connectivity index (χ0v) is 17.6. The number of halogens is 2. The fourth-order valence-electron chi connectivity index (χ4n) is 4.46. The minimum absolute atomic E-state index is 0.0734. The van der Waals surface area contributed by atoms with Crippen LogP contribution < -0.4 is 10.6 Å². The molecule has 0 spiro atoms. The lowest BCUT2D eigenvalue weighted by Gasteiger charge is -2.39. The lowest BCUT2D eigenvalue weighted by Crippen LogP contribution is -2.53. The Labute approximate surface area is 175 Å². The molecular weight excluding hydrogens is 397 g/mol. The van der Waals surface area contributed by atoms with Gasteiger partial charge in [0.15, 0.2) is 0 Å². The standard InChI is InChI=1S/C21H29ClFN3O3/c1-21(2,12-27)25-19(28)11-26-17-3-4-18(26)6-13(5-17)10-24-20(29)14-7-15(22)9-16(23)8-14/h7-9,13,17-18,27H,3-6,10-12H2,1-2H3,(H,24,29)(H,25,28). The minimum atomic E-state index is -0.626. The van der Waals surface area contributed by atoms with Crippen LogP contribution >= 0.6 is 11.6 Å². The van der Waals surface area contributed by atoms with Gasteiger partial charge < -0.3 is 15.7 Å². The molecule has 2 saturated heterocycles. The maximum atomic E-state index is 13.5. The Morgan fingerprint density at radius 1 is 1.24 bits per heavy atom. The van der Waals surface area contributed by atoms with Crippen molar-refractivity contribution in [3.05, 3.63) is 34.6 Å². The number of carbonyl (C=O) groups excluding carboxylic acids is 2. The van der Waals surface area contributed by atoms with Crippen LogP contribution in [0.25, 0.3) is 0 Å². The molecule has 1 aromatic carbocycles. The molecule has 1 aromatic rings. The maximum Gasteiger partial charge on any atom is 0.251 e. The van der Waals surface area contributed by atoms with Crippen molar-refractivity contribution >= 4 is 23.4 Å². The van der Waals surface area contributed by atoms with E-state index in [1.54, 1.807) is 13.8 Å². The van der Waals surface area contributed by atoms with Gasteiger partial charge in [0.2, 0.25) is 5.91 Å². The number of nitrogens with one attached hydrogen (secondary N) is 2. The summed E-state index contributed by atoms with van der Waals surface area (Å²) in [5, 5.41) is 15.3. The molecule has 160 valence electrons. The Hall–Kier alpha value is -1.70. The molecular formula is C21H29ClFN3O3. The van der Waals surface area contributed by atoms with E-state index in [2.05, 4.69) is 15.5 Å². The maximum absolute atomic E-state index is 13.5. The molecule has 2 atom stereocenters. The molecule has 0 saturated carbocycles. The number of amides is 2. The second-order valence-corrected chi connectivity index (χ2v) is 9.29. The number of hydrogen-bond donors (Lipinski definition) is 3. The Bertz CT molecular complexity index is 739. The Kier molecular flexibility index (Phi) is 6.81. The second kappa shape index (κ2) is 8.98. The number of rotatable bonds is 7. The number of carbonyl (C=O) groups is 2. The predicted molar refractivity (Wildman–Crippen MR) is 109 cm³/mol. The Balaban J connectivity index is 1.51. The zero-order valence-electron chi connectivity index (χ0n) is 16.9. The highest BCUT2D eigenvalue weighted by atomic mass is 35.5. The van der Waals surface area contributed by atoms with E-state index in [9.17, 15) is 19.1 Å². The van der Waals surface area contributed by atoms with Gasteiger partial charge in [0.1, 0.15) is 5.82 Å².